The Hall–Kier alpha value is -0.260. The van der Waals surface area contributed by atoms with Crippen molar-refractivity contribution in [2.45, 2.75) is 38.8 Å². The first-order chi connectivity index (χ1) is 7.56. The van der Waals surface area contributed by atoms with Gasteiger partial charge in [0.05, 0.1) is 13.2 Å². The largest absolute Gasteiger partial charge is 0.303 e. The van der Waals surface area contributed by atoms with E-state index in [1.165, 1.54) is 12.2 Å². The van der Waals surface area contributed by atoms with Crippen LogP contribution in [0.1, 0.15) is 26.7 Å². The number of likely N-dealkylation sites (N-methyl/N-ethyl adjacent to an activating group) is 1. The van der Waals surface area contributed by atoms with E-state index in [1.807, 2.05) is 6.26 Å². The molecule has 0 heterocycles. The lowest BCUT2D eigenvalue weighted by molar-refractivity contribution is -0.171. The smallest absolute Gasteiger partial charge is 0.262 e. The van der Waals surface area contributed by atoms with Crippen LogP contribution in [0.5, 0.6) is 0 Å². The highest BCUT2D eigenvalue weighted by Gasteiger charge is 2.22. The number of hydrogen-bond donors (Lipinski definition) is 1. The van der Waals surface area contributed by atoms with E-state index < -0.39 is 0 Å². The highest BCUT2D eigenvalue weighted by molar-refractivity contribution is 7.98. The number of carbonyl (C=O) groups is 1. The molecule has 16 heavy (non-hydrogen) atoms. The van der Waals surface area contributed by atoms with Gasteiger partial charge in [-0.15, -0.1) is 0 Å². The number of amides is 1. The molecule has 0 spiro atoms. The zero-order chi connectivity index (χ0) is 12.6. The van der Waals surface area contributed by atoms with Crippen molar-refractivity contribution in [3.05, 3.63) is 0 Å². The number of hydroxylamine groups is 2. The Bertz CT molecular complexity index is 202. The van der Waals surface area contributed by atoms with Gasteiger partial charge in [0.25, 0.3) is 5.91 Å². The molecule has 0 aromatic heterocycles. The van der Waals surface area contributed by atoms with Gasteiger partial charge in [-0.1, -0.05) is 6.92 Å². The Morgan fingerprint density at radius 3 is 2.62 bits per heavy atom. The summed E-state index contributed by atoms with van der Waals surface area (Å²) in [4.78, 5) is 16.9. The van der Waals surface area contributed by atoms with E-state index in [-0.39, 0.29) is 11.9 Å². The fraction of sp³-hybridized carbons (Fsp3) is 0.909. The molecule has 1 amide bonds. The Morgan fingerprint density at radius 1 is 1.56 bits per heavy atom. The van der Waals surface area contributed by atoms with Crippen LogP contribution in [0.15, 0.2) is 0 Å². The van der Waals surface area contributed by atoms with Crippen molar-refractivity contribution in [3.8, 4) is 0 Å². The number of thioether (sulfide) groups is 1. The Balaban J connectivity index is 4.34. The zero-order valence-corrected chi connectivity index (χ0v) is 11.8. The SMILES string of the molecule is CCC(C)N[C@@H](CCSC)C(=O)N(C)OC. The molecule has 0 rings (SSSR count). The van der Waals surface area contributed by atoms with Gasteiger partial charge >= 0.3 is 0 Å². The average molecular weight is 248 g/mol. The molecule has 4 nitrogen and oxygen atoms in total. The molecule has 1 unspecified atom stereocenters. The number of carbonyl (C=O) groups excluding carboxylic acids is 1. The zero-order valence-electron chi connectivity index (χ0n) is 10.9. The van der Waals surface area contributed by atoms with Gasteiger partial charge in [-0.05, 0) is 31.8 Å². The van der Waals surface area contributed by atoms with Crippen molar-refractivity contribution in [2.24, 2.45) is 0 Å². The minimum absolute atomic E-state index is 0.00292. The lowest BCUT2D eigenvalue weighted by Gasteiger charge is -2.25. The van der Waals surface area contributed by atoms with Crippen LogP contribution in [0, 0.1) is 0 Å². The second kappa shape index (κ2) is 8.84. The first kappa shape index (κ1) is 15.7. The van der Waals surface area contributed by atoms with Gasteiger partial charge in [0.1, 0.15) is 0 Å². The van der Waals surface area contributed by atoms with Crippen LogP contribution in [-0.2, 0) is 9.63 Å². The van der Waals surface area contributed by atoms with Crippen LogP contribution in [0.25, 0.3) is 0 Å². The van der Waals surface area contributed by atoms with Gasteiger partial charge in [-0.3, -0.25) is 9.63 Å². The lowest BCUT2D eigenvalue weighted by atomic mass is 10.1. The Kier molecular flexibility index (Phi) is 8.70. The first-order valence-corrected chi connectivity index (χ1v) is 7.02. The maximum Gasteiger partial charge on any atom is 0.262 e. The van der Waals surface area contributed by atoms with Crippen molar-refractivity contribution in [1.29, 1.82) is 0 Å². The van der Waals surface area contributed by atoms with E-state index in [9.17, 15) is 4.79 Å². The lowest BCUT2D eigenvalue weighted by Crippen LogP contribution is -2.48. The fourth-order valence-electron chi connectivity index (χ4n) is 1.28. The fourth-order valence-corrected chi connectivity index (χ4v) is 1.76. The molecule has 0 aliphatic rings. The minimum Gasteiger partial charge on any atom is -0.303 e. The molecule has 96 valence electrons. The van der Waals surface area contributed by atoms with Gasteiger partial charge in [0.2, 0.25) is 0 Å². The normalized spacial score (nSPS) is 14.6. The maximum absolute atomic E-state index is 12.0. The Morgan fingerprint density at radius 2 is 2.19 bits per heavy atom. The van der Waals surface area contributed by atoms with Crippen LogP contribution in [-0.4, -0.2) is 49.2 Å². The first-order valence-electron chi connectivity index (χ1n) is 5.63. The molecule has 0 radical (unpaired) electrons. The standard InChI is InChI=1S/C11H24N2O2S/c1-6-9(2)12-10(7-8-16-5)11(14)13(3)15-4/h9-10,12H,6-8H2,1-5H3/t9?,10-/m0/s1. The summed E-state index contributed by atoms with van der Waals surface area (Å²) < 4.78 is 0. The molecular formula is C11H24N2O2S. The topological polar surface area (TPSA) is 41.6 Å². The molecule has 0 aliphatic heterocycles. The van der Waals surface area contributed by atoms with E-state index in [1.54, 1.807) is 18.8 Å². The maximum atomic E-state index is 12.0. The molecule has 0 aromatic rings. The number of nitrogens with one attached hydrogen (secondary N) is 1. The summed E-state index contributed by atoms with van der Waals surface area (Å²) in [6.07, 6.45) is 3.89. The van der Waals surface area contributed by atoms with Crippen molar-refractivity contribution >= 4 is 17.7 Å². The van der Waals surface area contributed by atoms with Crippen molar-refractivity contribution in [2.75, 3.05) is 26.2 Å². The summed E-state index contributed by atoms with van der Waals surface area (Å²) in [5, 5.41) is 4.62. The molecule has 0 fully saturated rings. The summed E-state index contributed by atoms with van der Waals surface area (Å²) in [6.45, 7) is 4.19. The van der Waals surface area contributed by atoms with Crippen LogP contribution in [0.3, 0.4) is 0 Å². The second-order valence-corrected chi connectivity index (χ2v) is 4.81. The van der Waals surface area contributed by atoms with Gasteiger partial charge in [0.15, 0.2) is 0 Å². The van der Waals surface area contributed by atoms with E-state index >= 15 is 0 Å². The van der Waals surface area contributed by atoms with E-state index in [0.29, 0.717) is 6.04 Å². The van der Waals surface area contributed by atoms with Gasteiger partial charge < -0.3 is 5.32 Å². The average Bonchev–Trinajstić information content (AvgIpc) is 2.31. The van der Waals surface area contributed by atoms with Gasteiger partial charge in [0, 0.05) is 13.1 Å². The monoisotopic (exact) mass is 248 g/mol. The highest BCUT2D eigenvalue weighted by atomic mass is 32.2. The van der Waals surface area contributed by atoms with Crippen LogP contribution < -0.4 is 5.32 Å². The minimum atomic E-state index is -0.146. The van der Waals surface area contributed by atoms with Gasteiger partial charge in [-0.2, -0.15) is 11.8 Å². The number of nitrogens with zero attached hydrogens (tertiary/aromatic N) is 1. The van der Waals surface area contributed by atoms with E-state index in [0.717, 1.165) is 18.6 Å². The van der Waals surface area contributed by atoms with Crippen molar-refractivity contribution < 1.29 is 9.63 Å². The predicted molar refractivity (Wildman–Crippen MR) is 69.5 cm³/mol. The molecule has 0 saturated carbocycles. The Labute approximate surface area is 103 Å². The van der Waals surface area contributed by atoms with Crippen LogP contribution >= 0.6 is 11.8 Å². The quantitative estimate of drug-likeness (QED) is 0.661. The van der Waals surface area contributed by atoms with Gasteiger partial charge in [-0.25, -0.2) is 5.06 Å². The molecule has 0 bridgehead atoms. The molecule has 0 aliphatic carbocycles. The summed E-state index contributed by atoms with van der Waals surface area (Å²) in [5.41, 5.74) is 0. The molecule has 0 aromatic carbocycles. The van der Waals surface area contributed by atoms with E-state index in [4.69, 9.17) is 4.84 Å². The molecule has 2 atom stereocenters. The summed E-state index contributed by atoms with van der Waals surface area (Å²) in [6, 6.07) is 0.202. The molecular weight excluding hydrogens is 224 g/mol. The third kappa shape index (κ3) is 5.72. The summed E-state index contributed by atoms with van der Waals surface area (Å²) in [7, 11) is 3.15. The highest BCUT2D eigenvalue weighted by Crippen LogP contribution is 2.06. The van der Waals surface area contributed by atoms with Crippen LogP contribution in [0.4, 0.5) is 0 Å². The third-order valence-corrected chi connectivity index (χ3v) is 3.23. The third-order valence-electron chi connectivity index (χ3n) is 2.59. The molecule has 5 heteroatoms. The summed E-state index contributed by atoms with van der Waals surface area (Å²) >= 11 is 1.75. The second-order valence-electron chi connectivity index (χ2n) is 3.83. The summed E-state index contributed by atoms with van der Waals surface area (Å²) in [5.74, 6) is 0.967. The van der Waals surface area contributed by atoms with Crippen molar-refractivity contribution in [3.63, 3.8) is 0 Å². The van der Waals surface area contributed by atoms with Crippen LogP contribution in [0.2, 0.25) is 0 Å². The van der Waals surface area contributed by atoms with Crippen molar-refractivity contribution in [1.82, 2.24) is 10.4 Å². The van der Waals surface area contributed by atoms with E-state index in [2.05, 4.69) is 19.2 Å². The molecule has 0 saturated heterocycles. The number of hydrogen-bond acceptors (Lipinski definition) is 4. The predicted octanol–water partition coefficient (Wildman–Crippen LogP) is 1.52. The number of rotatable bonds is 8. The molecule has 1 N–H and O–H groups in total.